The van der Waals surface area contributed by atoms with Crippen LogP contribution < -0.4 is 5.73 Å². The quantitative estimate of drug-likeness (QED) is 0.793. The third-order valence-electron chi connectivity index (χ3n) is 3.31. The number of halogens is 4. The van der Waals surface area contributed by atoms with Crippen LogP contribution in [0, 0.1) is 5.82 Å². The average Bonchev–Trinajstić information content (AvgIpc) is 2.45. The summed E-state index contributed by atoms with van der Waals surface area (Å²) in [5, 5.41) is 11.4. The highest BCUT2D eigenvalue weighted by atomic mass is 79.9. The molecule has 2 aromatic rings. The topological polar surface area (TPSA) is 46.2 Å². The van der Waals surface area contributed by atoms with E-state index in [2.05, 4.69) is 15.9 Å². The highest BCUT2D eigenvalue weighted by molar-refractivity contribution is 9.10. The summed E-state index contributed by atoms with van der Waals surface area (Å²) in [5.74, 6) is -0.989. The van der Waals surface area contributed by atoms with Crippen molar-refractivity contribution in [2.45, 2.75) is 12.0 Å². The molecular formula is C15H13BrCl2FNO. The summed E-state index contributed by atoms with van der Waals surface area (Å²) in [6, 6.07) is 9.54. The van der Waals surface area contributed by atoms with Gasteiger partial charge in [-0.05, 0) is 45.3 Å². The molecule has 112 valence electrons. The zero-order valence-electron chi connectivity index (χ0n) is 10.9. The van der Waals surface area contributed by atoms with Gasteiger partial charge in [-0.25, -0.2) is 4.39 Å². The second-order valence-corrected chi connectivity index (χ2v) is 6.17. The largest absolute Gasteiger partial charge is 0.388 e. The second kappa shape index (κ2) is 7.07. The molecule has 2 aromatic carbocycles. The molecule has 0 fully saturated rings. The first-order valence-corrected chi connectivity index (χ1v) is 7.78. The van der Waals surface area contributed by atoms with Crippen molar-refractivity contribution in [3.8, 4) is 0 Å². The molecule has 0 saturated heterocycles. The number of aliphatic hydroxyl groups is 1. The lowest BCUT2D eigenvalue weighted by Gasteiger charge is -2.25. The Hall–Kier alpha value is -0.650. The van der Waals surface area contributed by atoms with Gasteiger partial charge in [0.25, 0.3) is 0 Å². The van der Waals surface area contributed by atoms with Crippen LogP contribution in [0.1, 0.15) is 23.1 Å². The van der Waals surface area contributed by atoms with Crippen molar-refractivity contribution in [1.82, 2.24) is 0 Å². The summed E-state index contributed by atoms with van der Waals surface area (Å²) in [7, 11) is 0. The maximum Gasteiger partial charge on any atom is 0.137 e. The smallest absolute Gasteiger partial charge is 0.137 e. The van der Waals surface area contributed by atoms with Gasteiger partial charge in [-0.2, -0.15) is 0 Å². The number of benzene rings is 2. The lowest BCUT2D eigenvalue weighted by molar-refractivity contribution is 0.146. The van der Waals surface area contributed by atoms with Crippen LogP contribution >= 0.6 is 39.1 Å². The van der Waals surface area contributed by atoms with Gasteiger partial charge < -0.3 is 10.8 Å². The normalized spacial score (nSPS) is 14.0. The predicted octanol–water partition coefficient (Wildman–Crippen LogP) is 4.67. The maximum atomic E-state index is 13.6. The van der Waals surface area contributed by atoms with Gasteiger partial charge in [0.2, 0.25) is 0 Å². The van der Waals surface area contributed by atoms with E-state index in [1.807, 2.05) is 0 Å². The van der Waals surface area contributed by atoms with Gasteiger partial charge in [0.15, 0.2) is 0 Å². The van der Waals surface area contributed by atoms with E-state index in [9.17, 15) is 9.50 Å². The molecular weight excluding hydrogens is 380 g/mol. The molecule has 2 unspecified atom stereocenters. The monoisotopic (exact) mass is 391 g/mol. The zero-order chi connectivity index (χ0) is 15.6. The van der Waals surface area contributed by atoms with E-state index in [0.717, 1.165) is 0 Å². The van der Waals surface area contributed by atoms with Gasteiger partial charge in [0.1, 0.15) is 5.82 Å². The van der Waals surface area contributed by atoms with Crippen LogP contribution in [-0.2, 0) is 0 Å². The molecule has 0 amide bonds. The molecule has 0 radical (unpaired) electrons. The van der Waals surface area contributed by atoms with Crippen molar-refractivity contribution < 1.29 is 9.50 Å². The molecule has 3 N–H and O–H groups in total. The molecule has 2 nitrogen and oxygen atoms in total. The van der Waals surface area contributed by atoms with Gasteiger partial charge in [0.05, 0.1) is 10.6 Å². The molecule has 2 rings (SSSR count). The van der Waals surface area contributed by atoms with E-state index in [4.69, 9.17) is 28.9 Å². The van der Waals surface area contributed by atoms with Crippen LogP contribution in [0.2, 0.25) is 10.0 Å². The van der Waals surface area contributed by atoms with Crippen molar-refractivity contribution in [2.75, 3.05) is 6.54 Å². The SMILES string of the molecule is NCC(c1c(Cl)cccc1Cl)C(O)c1cccc(F)c1Br. The van der Waals surface area contributed by atoms with Gasteiger partial charge >= 0.3 is 0 Å². The summed E-state index contributed by atoms with van der Waals surface area (Å²) >= 11 is 15.5. The average molecular weight is 393 g/mol. The summed E-state index contributed by atoms with van der Waals surface area (Å²) < 4.78 is 13.8. The minimum atomic E-state index is -1.03. The molecule has 0 saturated carbocycles. The van der Waals surface area contributed by atoms with Crippen molar-refractivity contribution in [1.29, 1.82) is 0 Å². The minimum Gasteiger partial charge on any atom is -0.388 e. The molecule has 6 heteroatoms. The zero-order valence-corrected chi connectivity index (χ0v) is 14.0. The van der Waals surface area contributed by atoms with Gasteiger partial charge in [-0.15, -0.1) is 0 Å². The Morgan fingerprint density at radius 2 is 1.71 bits per heavy atom. The van der Waals surface area contributed by atoms with Crippen LogP contribution in [0.15, 0.2) is 40.9 Å². The molecule has 0 bridgehead atoms. The van der Waals surface area contributed by atoms with Crippen molar-refractivity contribution in [3.63, 3.8) is 0 Å². The van der Waals surface area contributed by atoms with E-state index in [1.54, 1.807) is 24.3 Å². The Morgan fingerprint density at radius 1 is 1.14 bits per heavy atom. The highest BCUT2D eigenvalue weighted by Crippen LogP contribution is 2.40. The Morgan fingerprint density at radius 3 is 2.29 bits per heavy atom. The Kier molecular flexibility index (Phi) is 5.63. The predicted molar refractivity (Wildman–Crippen MR) is 87.3 cm³/mol. The third-order valence-corrected chi connectivity index (χ3v) is 4.80. The van der Waals surface area contributed by atoms with Gasteiger partial charge in [-0.1, -0.05) is 41.4 Å². The van der Waals surface area contributed by atoms with E-state index in [-0.39, 0.29) is 11.0 Å². The summed E-state index contributed by atoms with van der Waals surface area (Å²) in [4.78, 5) is 0. The highest BCUT2D eigenvalue weighted by Gasteiger charge is 2.27. The molecule has 0 heterocycles. The van der Waals surface area contributed by atoms with E-state index in [1.165, 1.54) is 12.1 Å². The standard InChI is InChI=1S/C15H13BrCl2FNO/c16-14-8(3-1-6-12(14)19)15(21)9(7-20)13-10(17)4-2-5-11(13)18/h1-6,9,15,21H,7,20H2. The van der Waals surface area contributed by atoms with Crippen LogP contribution in [0.3, 0.4) is 0 Å². The fraction of sp³-hybridized carbons (Fsp3) is 0.200. The second-order valence-electron chi connectivity index (χ2n) is 4.57. The first-order chi connectivity index (χ1) is 9.97. The van der Waals surface area contributed by atoms with Crippen LogP contribution in [-0.4, -0.2) is 11.7 Å². The third kappa shape index (κ3) is 3.41. The van der Waals surface area contributed by atoms with Crippen LogP contribution in [0.5, 0.6) is 0 Å². The first kappa shape index (κ1) is 16.7. The fourth-order valence-corrected chi connectivity index (χ4v) is 3.41. The molecule has 0 aliphatic rings. The van der Waals surface area contributed by atoms with Gasteiger partial charge in [-0.3, -0.25) is 0 Å². The molecule has 0 aliphatic heterocycles. The molecule has 0 aliphatic carbocycles. The lowest BCUT2D eigenvalue weighted by Crippen LogP contribution is -2.21. The number of hydrogen-bond acceptors (Lipinski definition) is 2. The van der Waals surface area contributed by atoms with E-state index < -0.39 is 17.8 Å². The van der Waals surface area contributed by atoms with Crippen molar-refractivity contribution in [2.24, 2.45) is 5.73 Å². The Bertz CT molecular complexity index is 633. The number of rotatable bonds is 4. The first-order valence-electron chi connectivity index (χ1n) is 6.23. The van der Waals surface area contributed by atoms with Gasteiger partial charge in [0, 0.05) is 22.5 Å². The molecule has 0 aromatic heterocycles. The van der Waals surface area contributed by atoms with E-state index >= 15 is 0 Å². The maximum absolute atomic E-state index is 13.6. The summed E-state index contributed by atoms with van der Waals surface area (Å²) in [6.45, 7) is 0.119. The summed E-state index contributed by atoms with van der Waals surface area (Å²) in [6.07, 6.45) is -1.03. The number of aliphatic hydroxyl groups excluding tert-OH is 1. The molecule has 21 heavy (non-hydrogen) atoms. The van der Waals surface area contributed by atoms with Crippen molar-refractivity contribution >= 4 is 39.1 Å². The summed E-state index contributed by atoms with van der Waals surface area (Å²) in [5.41, 5.74) is 6.75. The van der Waals surface area contributed by atoms with Crippen LogP contribution in [0.4, 0.5) is 4.39 Å². The van der Waals surface area contributed by atoms with Crippen LogP contribution in [0.25, 0.3) is 0 Å². The van der Waals surface area contributed by atoms with E-state index in [0.29, 0.717) is 21.2 Å². The fourth-order valence-electron chi connectivity index (χ4n) is 2.24. The van der Waals surface area contributed by atoms with Crippen molar-refractivity contribution in [3.05, 3.63) is 67.9 Å². The lowest BCUT2D eigenvalue weighted by atomic mass is 9.89. The number of hydrogen-bond donors (Lipinski definition) is 2. The molecule has 2 atom stereocenters. The molecule has 0 spiro atoms. The Labute approximate surface area is 140 Å². The minimum absolute atomic E-state index is 0.119. The number of nitrogens with two attached hydrogens (primary N) is 1. The Balaban J connectivity index is 2.48.